The minimum atomic E-state index is -0.356. The molecular formula is C14H15FO2. The summed E-state index contributed by atoms with van der Waals surface area (Å²) in [7, 11) is 1.48. The second-order valence-corrected chi connectivity index (χ2v) is 4.21. The fourth-order valence-corrected chi connectivity index (χ4v) is 1.84. The van der Waals surface area contributed by atoms with Gasteiger partial charge in [-0.25, -0.2) is 4.39 Å². The third-order valence-corrected chi connectivity index (χ3v) is 2.70. The number of furan rings is 1. The van der Waals surface area contributed by atoms with E-state index in [1.165, 1.54) is 13.2 Å². The van der Waals surface area contributed by atoms with Crippen LogP contribution >= 0.6 is 0 Å². The summed E-state index contributed by atoms with van der Waals surface area (Å²) in [6.45, 7) is 4.01. The van der Waals surface area contributed by atoms with Gasteiger partial charge in [-0.15, -0.1) is 0 Å². The molecule has 1 aromatic carbocycles. The van der Waals surface area contributed by atoms with E-state index in [2.05, 4.69) is 0 Å². The quantitative estimate of drug-likeness (QED) is 0.793. The maximum Gasteiger partial charge on any atom is 0.166 e. The van der Waals surface area contributed by atoms with Crippen molar-refractivity contribution in [1.29, 1.82) is 0 Å². The first-order chi connectivity index (χ1) is 8.13. The van der Waals surface area contributed by atoms with Crippen LogP contribution in [-0.4, -0.2) is 7.11 Å². The van der Waals surface area contributed by atoms with Gasteiger partial charge in [0.05, 0.1) is 13.4 Å². The van der Waals surface area contributed by atoms with Gasteiger partial charge in [0.1, 0.15) is 5.76 Å². The van der Waals surface area contributed by atoms with Crippen LogP contribution in [0.1, 0.15) is 25.3 Å². The molecule has 3 heteroatoms. The molecule has 2 rings (SSSR count). The van der Waals surface area contributed by atoms with Crippen LogP contribution in [0.5, 0.6) is 5.75 Å². The molecule has 2 nitrogen and oxygen atoms in total. The highest BCUT2D eigenvalue weighted by atomic mass is 19.1. The lowest BCUT2D eigenvalue weighted by Gasteiger charge is -2.13. The van der Waals surface area contributed by atoms with Crippen molar-refractivity contribution < 1.29 is 13.5 Å². The van der Waals surface area contributed by atoms with E-state index in [0.717, 1.165) is 11.1 Å². The van der Waals surface area contributed by atoms with Gasteiger partial charge in [-0.3, -0.25) is 0 Å². The molecule has 0 saturated carbocycles. The van der Waals surface area contributed by atoms with Crippen molar-refractivity contribution in [3.8, 4) is 17.1 Å². The number of halogens is 1. The summed E-state index contributed by atoms with van der Waals surface area (Å²) < 4.78 is 24.3. The molecule has 17 heavy (non-hydrogen) atoms. The Morgan fingerprint density at radius 3 is 2.59 bits per heavy atom. The zero-order valence-electron chi connectivity index (χ0n) is 10.2. The van der Waals surface area contributed by atoms with Crippen LogP contribution in [0.2, 0.25) is 0 Å². The molecule has 0 saturated heterocycles. The van der Waals surface area contributed by atoms with Crippen molar-refractivity contribution in [3.63, 3.8) is 0 Å². The van der Waals surface area contributed by atoms with Gasteiger partial charge in [0, 0.05) is 11.1 Å². The molecule has 0 spiro atoms. The Hall–Kier alpha value is -1.77. The van der Waals surface area contributed by atoms with E-state index in [9.17, 15) is 4.39 Å². The van der Waals surface area contributed by atoms with Crippen molar-refractivity contribution in [2.75, 3.05) is 7.11 Å². The minimum absolute atomic E-state index is 0.189. The average Bonchev–Trinajstić information content (AvgIpc) is 2.81. The first-order valence-electron chi connectivity index (χ1n) is 5.54. The maximum absolute atomic E-state index is 13.9. The highest BCUT2D eigenvalue weighted by molar-refractivity contribution is 5.61. The minimum Gasteiger partial charge on any atom is -0.493 e. The summed E-state index contributed by atoms with van der Waals surface area (Å²) in [4.78, 5) is 0. The largest absolute Gasteiger partial charge is 0.493 e. The molecule has 1 heterocycles. The highest BCUT2D eigenvalue weighted by Crippen LogP contribution is 2.34. The van der Waals surface area contributed by atoms with Gasteiger partial charge in [0.2, 0.25) is 0 Å². The molecule has 0 atom stereocenters. The zero-order chi connectivity index (χ0) is 12.4. The van der Waals surface area contributed by atoms with Crippen LogP contribution in [0.4, 0.5) is 4.39 Å². The number of hydrogen-bond donors (Lipinski definition) is 0. The SMILES string of the molecule is COc1c(F)cc(-c2ccco2)cc1C(C)C. The number of benzene rings is 1. The molecule has 90 valence electrons. The van der Waals surface area contributed by atoms with Gasteiger partial charge in [0.25, 0.3) is 0 Å². The van der Waals surface area contributed by atoms with E-state index < -0.39 is 0 Å². The van der Waals surface area contributed by atoms with Gasteiger partial charge in [-0.05, 0) is 30.2 Å². The Morgan fingerprint density at radius 1 is 1.29 bits per heavy atom. The van der Waals surface area contributed by atoms with Crippen molar-refractivity contribution in [3.05, 3.63) is 41.9 Å². The number of rotatable bonds is 3. The molecule has 0 unspecified atom stereocenters. The van der Waals surface area contributed by atoms with Crippen LogP contribution < -0.4 is 4.74 Å². The molecule has 0 aliphatic rings. The average molecular weight is 234 g/mol. The Morgan fingerprint density at radius 2 is 2.06 bits per heavy atom. The Balaban J connectivity index is 2.58. The Kier molecular flexibility index (Phi) is 3.18. The Labute approximate surface area is 100 Å². The number of ether oxygens (including phenoxy) is 1. The van der Waals surface area contributed by atoms with Gasteiger partial charge in [0.15, 0.2) is 11.6 Å². The molecule has 0 aliphatic carbocycles. The summed E-state index contributed by atoms with van der Waals surface area (Å²) in [5.41, 5.74) is 1.58. The van der Waals surface area contributed by atoms with E-state index in [0.29, 0.717) is 11.5 Å². The van der Waals surface area contributed by atoms with Gasteiger partial charge in [-0.2, -0.15) is 0 Å². The van der Waals surface area contributed by atoms with Crippen LogP contribution in [0.3, 0.4) is 0 Å². The zero-order valence-corrected chi connectivity index (χ0v) is 10.2. The molecule has 0 amide bonds. The van der Waals surface area contributed by atoms with Crippen LogP contribution in [-0.2, 0) is 0 Å². The summed E-state index contributed by atoms with van der Waals surface area (Å²) in [6, 6.07) is 6.94. The third-order valence-electron chi connectivity index (χ3n) is 2.70. The van der Waals surface area contributed by atoms with E-state index >= 15 is 0 Å². The summed E-state index contributed by atoms with van der Waals surface area (Å²) >= 11 is 0. The van der Waals surface area contributed by atoms with Gasteiger partial charge in [-0.1, -0.05) is 13.8 Å². The van der Waals surface area contributed by atoms with Crippen LogP contribution in [0, 0.1) is 5.82 Å². The maximum atomic E-state index is 13.9. The van der Waals surface area contributed by atoms with Crippen molar-refractivity contribution in [2.24, 2.45) is 0 Å². The molecule has 1 aromatic heterocycles. The fraction of sp³-hybridized carbons (Fsp3) is 0.286. The molecule has 0 bridgehead atoms. The summed E-state index contributed by atoms with van der Waals surface area (Å²) in [5, 5.41) is 0. The van der Waals surface area contributed by atoms with E-state index in [4.69, 9.17) is 9.15 Å². The van der Waals surface area contributed by atoms with E-state index in [1.54, 1.807) is 12.3 Å². The predicted octanol–water partition coefficient (Wildman–Crippen LogP) is 4.22. The molecule has 0 fully saturated rings. The third kappa shape index (κ3) is 2.18. The molecule has 2 aromatic rings. The highest BCUT2D eigenvalue weighted by Gasteiger charge is 2.15. The molecular weight excluding hydrogens is 219 g/mol. The smallest absolute Gasteiger partial charge is 0.166 e. The first-order valence-corrected chi connectivity index (χ1v) is 5.54. The number of hydrogen-bond acceptors (Lipinski definition) is 2. The summed E-state index contributed by atoms with van der Waals surface area (Å²) in [5.74, 6) is 0.809. The second-order valence-electron chi connectivity index (χ2n) is 4.21. The van der Waals surface area contributed by atoms with Gasteiger partial charge >= 0.3 is 0 Å². The summed E-state index contributed by atoms with van der Waals surface area (Å²) in [6.07, 6.45) is 1.58. The van der Waals surface area contributed by atoms with E-state index in [1.807, 2.05) is 26.0 Å². The van der Waals surface area contributed by atoms with Gasteiger partial charge < -0.3 is 9.15 Å². The standard InChI is InChI=1S/C14H15FO2/c1-9(2)11-7-10(13-5-4-6-17-13)8-12(15)14(11)16-3/h4-9H,1-3H3. The lowest BCUT2D eigenvalue weighted by Crippen LogP contribution is -1.98. The number of methoxy groups -OCH3 is 1. The van der Waals surface area contributed by atoms with Crippen LogP contribution in [0.15, 0.2) is 34.9 Å². The lowest BCUT2D eigenvalue weighted by molar-refractivity contribution is 0.379. The predicted molar refractivity (Wildman–Crippen MR) is 64.7 cm³/mol. The molecule has 0 radical (unpaired) electrons. The van der Waals surface area contributed by atoms with E-state index in [-0.39, 0.29) is 11.7 Å². The van der Waals surface area contributed by atoms with Crippen LogP contribution in [0.25, 0.3) is 11.3 Å². The topological polar surface area (TPSA) is 22.4 Å². The van der Waals surface area contributed by atoms with Crippen molar-refractivity contribution in [2.45, 2.75) is 19.8 Å². The second kappa shape index (κ2) is 4.62. The monoisotopic (exact) mass is 234 g/mol. The van der Waals surface area contributed by atoms with Crippen molar-refractivity contribution >= 4 is 0 Å². The molecule has 0 N–H and O–H groups in total. The first kappa shape index (κ1) is 11.7. The molecule has 0 aliphatic heterocycles. The van der Waals surface area contributed by atoms with Crippen molar-refractivity contribution in [1.82, 2.24) is 0 Å². The Bertz CT molecular complexity index is 501. The normalized spacial score (nSPS) is 10.9. The lowest BCUT2D eigenvalue weighted by atomic mass is 9.98. The fourth-order valence-electron chi connectivity index (χ4n) is 1.84.